The lowest BCUT2D eigenvalue weighted by Crippen LogP contribution is -2.09. The molecule has 0 N–H and O–H groups in total. The summed E-state index contributed by atoms with van der Waals surface area (Å²) in [6.45, 7) is 0. The molecular formula is C11H10F3NOS. The minimum Gasteiger partial charge on any atom is -0.481 e. The molecule has 1 rings (SSSR count). The first-order valence-electron chi connectivity index (χ1n) is 4.70. The number of methoxy groups -OCH3 is 1. The van der Waals surface area contributed by atoms with Gasteiger partial charge in [-0.3, -0.25) is 0 Å². The van der Waals surface area contributed by atoms with E-state index in [-0.39, 0.29) is 5.56 Å². The fourth-order valence-corrected chi connectivity index (χ4v) is 1.22. The number of pyridine rings is 1. The Balaban J connectivity index is 3.11. The fraction of sp³-hybridized carbons (Fsp3) is 0.364. The first-order valence-corrected chi connectivity index (χ1v) is 5.33. The van der Waals surface area contributed by atoms with Gasteiger partial charge >= 0.3 is 6.18 Å². The molecule has 0 radical (unpaired) electrons. The van der Waals surface area contributed by atoms with Crippen LogP contribution in [0.15, 0.2) is 12.3 Å². The van der Waals surface area contributed by atoms with Gasteiger partial charge in [0.2, 0.25) is 5.88 Å². The maximum absolute atomic E-state index is 12.6. The third-order valence-electron chi connectivity index (χ3n) is 1.82. The Bertz CT molecular complexity index is 448. The number of rotatable bonds is 2. The number of aromatic nitrogens is 1. The van der Waals surface area contributed by atoms with Gasteiger partial charge in [0.15, 0.2) is 0 Å². The lowest BCUT2D eigenvalue weighted by Gasteiger charge is -2.10. The predicted molar refractivity (Wildman–Crippen MR) is 61.1 cm³/mol. The number of hydrogen-bond acceptors (Lipinski definition) is 3. The first kappa shape index (κ1) is 13.7. The van der Waals surface area contributed by atoms with Gasteiger partial charge in [-0.05, 0) is 6.07 Å². The van der Waals surface area contributed by atoms with Gasteiger partial charge in [-0.15, -0.1) is 0 Å². The van der Waals surface area contributed by atoms with E-state index in [0.717, 1.165) is 13.2 Å². The van der Waals surface area contributed by atoms with Crippen molar-refractivity contribution in [1.82, 2.24) is 4.98 Å². The molecule has 0 saturated heterocycles. The lowest BCUT2D eigenvalue weighted by atomic mass is 10.2. The molecule has 1 aromatic heterocycles. The summed E-state index contributed by atoms with van der Waals surface area (Å²) < 4.78 is 42.4. The van der Waals surface area contributed by atoms with Crippen molar-refractivity contribution in [3.05, 3.63) is 23.4 Å². The van der Waals surface area contributed by atoms with Crippen LogP contribution in [-0.4, -0.2) is 17.8 Å². The van der Waals surface area contributed by atoms with Crippen molar-refractivity contribution in [1.29, 1.82) is 0 Å². The molecule has 0 fully saturated rings. The van der Waals surface area contributed by atoms with Gasteiger partial charge < -0.3 is 4.74 Å². The molecule has 1 aromatic rings. The van der Waals surface area contributed by atoms with Crippen LogP contribution in [0.2, 0.25) is 0 Å². The molecule has 0 amide bonds. The zero-order valence-electron chi connectivity index (χ0n) is 9.01. The first-order chi connectivity index (χ1) is 7.99. The van der Waals surface area contributed by atoms with Crippen LogP contribution in [0, 0.1) is 11.8 Å². The number of ether oxygens (including phenoxy) is 1. The summed E-state index contributed by atoms with van der Waals surface area (Å²) in [5.41, 5.74) is -0.711. The predicted octanol–water partition coefficient (Wildman–Crippen LogP) is 2.78. The van der Waals surface area contributed by atoms with E-state index in [4.69, 9.17) is 0 Å². The largest absolute Gasteiger partial charge is 0.481 e. The Labute approximate surface area is 103 Å². The molecule has 0 atom stereocenters. The Kier molecular flexibility index (Phi) is 4.70. The Morgan fingerprint density at radius 1 is 1.47 bits per heavy atom. The molecule has 92 valence electrons. The second kappa shape index (κ2) is 5.82. The molecule has 0 aliphatic heterocycles. The summed E-state index contributed by atoms with van der Waals surface area (Å²) in [6, 6.07) is 0.928. The molecule has 2 nitrogen and oxygen atoms in total. The molecule has 17 heavy (non-hydrogen) atoms. The van der Waals surface area contributed by atoms with Crippen molar-refractivity contribution < 1.29 is 17.9 Å². The standard InChI is InChI=1S/C11H10F3NOS/c1-16-10-9(11(12,13)14)6-8(7-15-10)4-2-3-5-17/h6-7,17H,3,5H2,1H3. The smallest absolute Gasteiger partial charge is 0.421 e. The van der Waals surface area contributed by atoms with Crippen LogP contribution in [0.3, 0.4) is 0 Å². The number of nitrogens with zero attached hydrogens (tertiary/aromatic N) is 1. The summed E-state index contributed by atoms with van der Waals surface area (Å²) in [5.74, 6) is 5.40. The van der Waals surface area contributed by atoms with Gasteiger partial charge in [0.25, 0.3) is 0 Å². The lowest BCUT2D eigenvalue weighted by molar-refractivity contribution is -0.139. The topological polar surface area (TPSA) is 22.1 Å². The van der Waals surface area contributed by atoms with E-state index in [9.17, 15) is 13.2 Å². The second-order valence-corrected chi connectivity index (χ2v) is 3.50. The van der Waals surface area contributed by atoms with Crippen LogP contribution in [0.1, 0.15) is 17.5 Å². The molecule has 6 heteroatoms. The van der Waals surface area contributed by atoms with Crippen LogP contribution < -0.4 is 4.74 Å². The molecule has 0 aliphatic rings. The monoisotopic (exact) mass is 261 g/mol. The third-order valence-corrected chi connectivity index (χ3v) is 2.04. The molecular weight excluding hydrogens is 251 g/mol. The van der Waals surface area contributed by atoms with Gasteiger partial charge in [-0.2, -0.15) is 25.8 Å². The van der Waals surface area contributed by atoms with Crippen LogP contribution in [0.25, 0.3) is 0 Å². The van der Waals surface area contributed by atoms with E-state index in [2.05, 4.69) is 34.2 Å². The van der Waals surface area contributed by atoms with Crippen molar-refractivity contribution in [3.8, 4) is 17.7 Å². The zero-order chi connectivity index (χ0) is 12.9. The normalized spacial score (nSPS) is 10.6. The summed E-state index contributed by atoms with van der Waals surface area (Å²) in [4.78, 5) is 3.58. The molecule has 0 bridgehead atoms. The Morgan fingerprint density at radius 2 is 2.18 bits per heavy atom. The number of alkyl halides is 3. The summed E-state index contributed by atoms with van der Waals surface area (Å²) >= 11 is 3.95. The fourth-order valence-electron chi connectivity index (χ4n) is 1.11. The number of thiol groups is 1. The van der Waals surface area contributed by atoms with E-state index in [1.54, 1.807) is 0 Å². The van der Waals surface area contributed by atoms with E-state index in [1.807, 2.05) is 0 Å². The van der Waals surface area contributed by atoms with E-state index < -0.39 is 17.6 Å². The van der Waals surface area contributed by atoms with Crippen molar-refractivity contribution in [2.75, 3.05) is 12.9 Å². The highest BCUT2D eigenvalue weighted by molar-refractivity contribution is 7.80. The SMILES string of the molecule is COc1ncc(C#CCCS)cc1C(F)(F)F. The summed E-state index contributed by atoms with van der Waals surface area (Å²) in [6.07, 6.45) is -2.74. The van der Waals surface area contributed by atoms with Crippen molar-refractivity contribution >= 4 is 12.6 Å². The average Bonchev–Trinajstić information content (AvgIpc) is 2.28. The van der Waals surface area contributed by atoms with Crippen LogP contribution in [0.4, 0.5) is 13.2 Å². The average molecular weight is 261 g/mol. The zero-order valence-corrected chi connectivity index (χ0v) is 9.90. The van der Waals surface area contributed by atoms with E-state index in [0.29, 0.717) is 12.2 Å². The molecule has 1 heterocycles. The quantitative estimate of drug-likeness (QED) is 0.653. The van der Waals surface area contributed by atoms with Gasteiger partial charge in [-0.25, -0.2) is 4.98 Å². The highest BCUT2D eigenvalue weighted by Crippen LogP contribution is 2.35. The van der Waals surface area contributed by atoms with Gasteiger partial charge in [0.05, 0.1) is 7.11 Å². The van der Waals surface area contributed by atoms with E-state index >= 15 is 0 Å². The minimum atomic E-state index is -4.50. The highest BCUT2D eigenvalue weighted by Gasteiger charge is 2.35. The molecule has 0 spiro atoms. The van der Waals surface area contributed by atoms with Crippen molar-refractivity contribution in [3.63, 3.8) is 0 Å². The van der Waals surface area contributed by atoms with E-state index in [1.165, 1.54) is 6.20 Å². The number of hydrogen-bond donors (Lipinski definition) is 1. The van der Waals surface area contributed by atoms with Crippen LogP contribution in [-0.2, 0) is 6.18 Å². The maximum atomic E-state index is 12.6. The van der Waals surface area contributed by atoms with Crippen molar-refractivity contribution in [2.24, 2.45) is 0 Å². The maximum Gasteiger partial charge on any atom is 0.421 e. The van der Waals surface area contributed by atoms with Gasteiger partial charge in [0.1, 0.15) is 5.56 Å². The summed E-state index contributed by atoms with van der Waals surface area (Å²) in [7, 11) is 1.14. The van der Waals surface area contributed by atoms with Crippen molar-refractivity contribution in [2.45, 2.75) is 12.6 Å². The highest BCUT2D eigenvalue weighted by atomic mass is 32.1. The number of halogens is 3. The third kappa shape index (κ3) is 3.86. The molecule has 0 saturated carbocycles. The van der Waals surface area contributed by atoms with Gasteiger partial charge in [0, 0.05) is 23.9 Å². The second-order valence-electron chi connectivity index (χ2n) is 3.05. The van der Waals surface area contributed by atoms with Crippen LogP contribution in [0.5, 0.6) is 5.88 Å². The molecule has 0 aromatic carbocycles. The molecule has 0 unspecified atom stereocenters. The van der Waals surface area contributed by atoms with Gasteiger partial charge in [-0.1, -0.05) is 11.8 Å². The Morgan fingerprint density at radius 3 is 2.71 bits per heavy atom. The Hall–Kier alpha value is -1.35. The minimum absolute atomic E-state index is 0.208. The van der Waals surface area contributed by atoms with Crippen LogP contribution >= 0.6 is 12.6 Å². The molecule has 0 aliphatic carbocycles. The summed E-state index contributed by atoms with van der Waals surface area (Å²) in [5, 5.41) is 0.